The molecule has 9 heteroatoms. The highest BCUT2D eigenvalue weighted by atomic mass is 32.2. The largest absolute Gasteiger partial charge is 0.466 e. The Bertz CT molecular complexity index is 1390. The number of carbonyl (C=O) groups excluding carboxylic acids is 3. The molecule has 0 N–H and O–H groups in total. The van der Waals surface area contributed by atoms with E-state index < -0.39 is 12.0 Å². The second-order valence-electron chi connectivity index (χ2n) is 10.2. The second-order valence-corrected chi connectivity index (χ2v) is 11.1. The molecular weight excluding hydrogens is 538 g/mol. The number of likely N-dealkylation sites (tertiary alicyclic amines) is 1. The molecule has 2 aromatic rings. The molecule has 8 nitrogen and oxygen atoms in total. The van der Waals surface area contributed by atoms with Crippen molar-refractivity contribution in [2.45, 2.75) is 46.1 Å². The first-order valence-corrected chi connectivity index (χ1v) is 15.0. The molecule has 41 heavy (non-hydrogen) atoms. The van der Waals surface area contributed by atoms with E-state index in [1.807, 2.05) is 76.7 Å². The van der Waals surface area contributed by atoms with Gasteiger partial charge in [0.05, 0.1) is 42.9 Å². The van der Waals surface area contributed by atoms with Crippen LogP contribution >= 0.6 is 11.8 Å². The number of esters is 2. The molecule has 2 aromatic carbocycles. The van der Waals surface area contributed by atoms with Crippen LogP contribution in [-0.2, 0) is 23.9 Å². The lowest BCUT2D eigenvalue weighted by atomic mass is 9.91. The van der Waals surface area contributed by atoms with Crippen molar-refractivity contribution in [2.75, 3.05) is 26.3 Å². The molecular formula is C32H35N3O5S. The highest BCUT2D eigenvalue weighted by Gasteiger charge is 2.42. The SMILES string of the molecule is CCOC(=O)C1=C(c2ccccc2)N=C2SC=C(CC(=O)N3CCC(C(=O)OCC)CC3)N2[C@@H]1c1ccc(C)cc1. The summed E-state index contributed by atoms with van der Waals surface area (Å²) in [6, 6.07) is 17.2. The van der Waals surface area contributed by atoms with Gasteiger partial charge in [0.2, 0.25) is 5.91 Å². The third-order valence-corrected chi connectivity index (χ3v) is 8.43. The predicted octanol–water partition coefficient (Wildman–Crippen LogP) is 5.46. The Morgan fingerprint density at radius 3 is 2.29 bits per heavy atom. The van der Waals surface area contributed by atoms with Crippen LogP contribution < -0.4 is 0 Å². The summed E-state index contributed by atoms with van der Waals surface area (Å²) in [6.45, 7) is 7.24. The number of amides is 1. The number of aliphatic imine (C=N–C) groups is 1. The van der Waals surface area contributed by atoms with Crippen LogP contribution in [0.1, 0.15) is 55.8 Å². The van der Waals surface area contributed by atoms with Gasteiger partial charge in [-0.1, -0.05) is 71.9 Å². The Kier molecular flexibility index (Phi) is 8.93. The van der Waals surface area contributed by atoms with Crippen molar-refractivity contribution in [3.63, 3.8) is 0 Å². The van der Waals surface area contributed by atoms with E-state index in [0.717, 1.165) is 22.4 Å². The molecule has 0 aromatic heterocycles. The Balaban J connectivity index is 1.46. The van der Waals surface area contributed by atoms with Crippen LogP contribution in [-0.4, -0.2) is 59.1 Å². The maximum absolute atomic E-state index is 13.6. The smallest absolute Gasteiger partial charge is 0.338 e. The minimum absolute atomic E-state index is 0.0152. The average Bonchev–Trinajstić information content (AvgIpc) is 3.39. The Hall–Kier alpha value is -3.85. The zero-order valence-corrected chi connectivity index (χ0v) is 24.5. The van der Waals surface area contributed by atoms with Crippen LogP contribution in [0.5, 0.6) is 0 Å². The van der Waals surface area contributed by atoms with Crippen molar-refractivity contribution in [3.05, 3.63) is 88.0 Å². The number of benzene rings is 2. The summed E-state index contributed by atoms with van der Waals surface area (Å²) in [7, 11) is 0. The molecule has 0 bridgehead atoms. The summed E-state index contributed by atoms with van der Waals surface area (Å²) in [4.78, 5) is 48.1. The fraction of sp³-hybridized carbons (Fsp3) is 0.375. The van der Waals surface area contributed by atoms with E-state index in [4.69, 9.17) is 14.5 Å². The average molecular weight is 574 g/mol. The molecule has 3 heterocycles. The van der Waals surface area contributed by atoms with Gasteiger partial charge < -0.3 is 19.3 Å². The molecule has 1 atom stereocenters. The maximum atomic E-state index is 13.6. The number of piperidine rings is 1. The van der Waals surface area contributed by atoms with Gasteiger partial charge in [-0.05, 0) is 44.6 Å². The van der Waals surface area contributed by atoms with Gasteiger partial charge in [-0.15, -0.1) is 0 Å². The number of hydrogen-bond donors (Lipinski definition) is 0. The number of carbonyl (C=O) groups is 3. The van der Waals surface area contributed by atoms with E-state index >= 15 is 0 Å². The van der Waals surface area contributed by atoms with Crippen molar-refractivity contribution < 1.29 is 23.9 Å². The molecule has 3 aliphatic heterocycles. The van der Waals surface area contributed by atoms with Gasteiger partial charge in [0.25, 0.3) is 0 Å². The van der Waals surface area contributed by atoms with Gasteiger partial charge in [-0.3, -0.25) is 9.59 Å². The fourth-order valence-electron chi connectivity index (χ4n) is 5.44. The summed E-state index contributed by atoms with van der Waals surface area (Å²) in [5.74, 6) is -0.792. The van der Waals surface area contributed by atoms with Gasteiger partial charge >= 0.3 is 11.9 Å². The molecule has 0 aliphatic carbocycles. The minimum atomic E-state index is -0.513. The Labute approximate surface area is 245 Å². The molecule has 3 aliphatic rings. The lowest BCUT2D eigenvalue weighted by Crippen LogP contribution is -2.42. The standard InChI is InChI=1S/C32H35N3O5S/c1-4-39-30(37)24-15-17-34(18-16-24)26(36)19-25-20-41-32-33-28(22-9-7-6-8-10-22)27(31(38)40-5-2)29(35(25)32)23-13-11-21(3)12-14-23/h6-14,20,24,29H,4-5,15-19H2,1-3H3/t29-/m1/s1. The molecule has 5 rings (SSSR count). The summed E-state index contributed by atoms with van der Waals surface area (Å²) in [5, 5.41) is 2.67. The number of thioether (sulfide) groups is 1. The molecule has 1 saturated heterocycles. The first-order chi connectivity index (χ1) is 19.9. The van der Waals surface area contributed by atoms with Gasteiger partial charge in [0, 0.05) is 24.4 Å². The van der Waals surface area contributed by atoms with E-state index in [-0.39, 0.29) is 30.8 Å². The van der Waals surface area contributed by atoms with Crippen LogP contribution in [0.3, 0.4) is 0 Å². The van der Waals surface area contributed by atoms with E-state index in [1.165, 1.54) is 11.8 Å². The lowest BCUT2D eigenvalue weighted by molar-refractivity contribution is -0.151. The molecule has 1 fully saturated rings. The van der Waals surface area contributed by atoms with Gasteiger partial charge in [-0.25, -0.2) is 9.79 Å². The monoisotopic (exact) mass is 573 g/mol. The molecule has 0 saturated carbocycles. The molecule has 214 valence electrons. The zero-order chi connectivity index (χ0) is 28.9. The first-order valence-electron chi connectivity index (χ1n) is 14.1. The molecule has 0 unspecified atom stereocenters. The van der Waals surface area contributed by atoms with Crippen LogP contribution in [0.15, 0.2) is 76.3 Å². The van der Waals surface area contributed by atoms with Crippen molar-refractivity contribution >= 4 is 40.5 Å². The topological polar surface area (TPSA) is 88.5 Å². The summed E-state index contributed by atoms with van der Waals surface area (Å²) in [6.07, 6.45) is 1.35. The number of ether oxygens (including phenoxy) is 2. The number of fused-ring (bicyclic) bond motifs is 1. The van der Waals surface area contributed by atoms with E-state index in [1.54, 1.807) is 13.8 Å². The normalized spacial score (nSPS) is 19.0. The quantitative estimate of drug-likeness (QED) is 0.388. The number of rotatable bonds is 8. The molecule has 0 spiro atoms. The Morgan fingerprint density at radius 2 is 1.63 bits per heavy atom. The van der Waals surface area contributed by atoms with Crippen LogP contribution in [0, 0.1) is 12.8 Å². The van der Waals surface area contributed by atoms with E-state index in [2.05, 4.69) is 0 Å². The first kappa shape index (κ1) is 28.7. The summed E-state index contributed by atoms with van der Waals surface area (Å²) < 4.78 is 10.8. The van der Waals surface area contributed by atoms with Crippen molar-refractivity contribution in [1.29, 1.82) is 0 Å². The maximum Gasteiger partial charge on any atom is 0.338 e. The number of hydrogen-bond acceptors (Lipinski definition) is 8. The third kappa shape index (κ3) is 6.10. The highest BCUT2D eigenvalue weighted by molar-refractivity contribution is 8.16. The number of nitrogens with zero attached hydrogens (tertiary/aromatic N) is 3. The fourth-order valence-corrected chi connectivity index (χ4v) is 6.36. The minimum Gasteiger partial charge on any atom is -0.466 e. The molecule has 1 amide bonds. The highest BCUT2D eigenvalue weighted by Crippen LogP contribution is 2.47. The van der Waals surface area contributed by atoms with Gasteiger partial charge in [0.1, 0.15) is 0 Å². The summed E-state index contributed by atoms with van der Waals surface area (Å²) in [5.41, 5.74) is 4.66. The number of aryl methyl sites for hydroxylation is 1. The van der Waals surface area contributed by atoms with Gasteiger partial charge in [0.15, 0.2) is 5.17 Å². The van der Waals surface area contributed by atoms with Crippen molar-refractivity contribution in [3.8, 4) is 0 Å². The second kappa shape index (κ2) is 12.8. The third-order valence-electron chi connectivity index (χ3n) is 7.55. The van der Waals surface area contributed by atoms with Crippen LogP contribution in [0.2, 0.25) is 0 Å². The van der Waals surface area contributed by atoms with Crippen molar-refractivity contribution in [1.82, 2.24) is 9.80 Å². The zero-order valence-electron chi connectivity index (χ0n) is 23.7. The van der Waals surface area contributed by atoms with Crippen LogP contribution in [0.25, 0.3) is 5.70 Å². The Morgan fingerprint density at radius 1 is 0.951 bits per heavy atom. The van der Waals surface area contributed by atoms with E-state index in [0.29, 0.717) is 49.0 Å². The number of amidine groups is 1. The van der Waals surface area contributed by atoms with E-state index in [9.17, 15) is 14.4 Å². The lowest BCUT2D eigenvalue weighted by Gasteiger charge is -2.37. The summed E-state index contributed by atoms with van der Waals surface area (Å²) >= 11 is 1.46. The molecule has 0 radical (unpaired) electrons. The van der Waals surface area contributed by atoms with Crippen LogP contribution in [0.4, 0.5) is 0 Å². The predicted molar refractivity (Wildman–Crippen MR) is 159 cm³/mol. The van der Waals surface area contributed by atoms with Gasteiger partial charge in [-0.2, -0.15) is 0 Å². The van der Waals surface area contributed by atoms with Crippen molar-refractivity contribution in [2.24, 2.45) is 10.9 Å².